The van der Waals surface area contributed by atoms with Crippen molar-refractivity contribution in [3.63, 3.8) is 0 Å². The summed E-state index contributed by atoms with van der Waals surface area (Å²) >= 11 is 0. The van der Waals surface area contributed by atoms with Crippen LogP contribution in [0.4, 0.5) is 0 Å². The second kappa shape index (κ2) is 7.45. The molecule has 0 aliphatic carbocycles. The number of aliphatic hydroxyl groups is 1. The molecular formula is C21H23NO2. The van der Waals surface area contributed by atoms with Gasteiger partial charge in [-0.25, -0.2) is 0 Å². The zero-order chi connectivity index (χ0) is 16.9. The summed E-state index contributed by atoms with van der Waals surface area (Å²) in [5, 5.41) is 12.5. The number of fused-ring (bicyclic) bond motifs is 1. The van der Waals surface area contributed by atoms with Gasteiger partial charge in [0, 0.05) is 18.3 Å². The molecule has 3 heteroatoms. The number of methoxy groups -OCH3 is 1. The Morgan fingerprint density at radius 3 is 2.54 bits per heavy atom. The van der Waals surface area contributed by atoms with Gasteiger partial charge in [-0.15, -0.1) is 0 Å². The molecule has 1 aromatic heterocycles. The van der Waals surface area contributed by atoms with Crippen LogP contribution >= 0.6 is 0 Å². The van der Waals surface area contributed by atoms with Crippen molar-refractivity contribution in [2.75, 3.05) is 7.11 Å². The van der Waals surface area contributed by atoms with Crippen molar-refractivity contribution in [1.82, 2.24) is 4.98 Å². The van der Waals surface area contributed by atoms with E-state index in [0.29, 0.717) is 6.42 Å². The Morgan fingerprint density at radius 2 is 1.83 bits per heavy atom. The fourth-order valence-corrected chi connectivity index (χ4v) is 3.07. The standard InChI is InChI=1S/C21H23NO2/c1-3-19(23)13-21(18-5-4-10-22-14-18)17-7-6-16-12-20(24-2)9-8-15(16)11-17/h4-12,14,19,21,23H,3,13H2,1-2H3. The van der Waals surface area contributed by atoms with Crippen LogP contribution < -0.4 is 4.74 Å². The number of aromatic nitrogens is 1. The van der Waals surface area contributed by atoms with Crippen LogP contribution in [-0.2, 0) is 0 Å². The van der Waals surface area contributed by atoms with E-state index in [-0.39, 0.29) is 12.0 Å². The van der Waals surface area contributed by atoms with Gasteiger partial charge in [0.1, 0.15) is 5.75 Å². The van der Waals surface area contributed by atoms with E-state index in [1.54, 1.807) is 13.3 Å². The molecule has 124 valence electrons. The smallest absolute Gasteiger partial charge is 0.119 e. The van der Waals surface area contributed by atoms with Crippen LogP contribution in [-0.4, -0.2) is 23.3 Å². The summed E-state index contributed by atoms with van der Waals surface area (Å²) in [4.78, 5) is 4.25. The number of benzene rings is 2. The topological polar surface area (TPSA) is 42.4 Å². The van der Waals surface area contributed by atoms with Gasteiger partial charge >= 0.3 is 0 Å². The molecule has 0 radical (unpaired) electrons. The molecule has 3 nitrogen and oxygen atoms in total. The highest BCUT2D eigenvalue weighted by Crippen LogP contribution is 2.32. The largest absolute Gasteiger partial charge is 0.497 e. The van der Waals surface area contributed by atoms with Crippen molar-refractivity contribution in [3.05, 3.63) is 72.1 Å². The van der Waals surface area contributed by atoms with E-state index >= 15 is 0 Å². The van der Waals surface area contributed by atoms with Crippen LogP contribution in [0.3, 0.4) is 0 Å². The van der Waals surface area contributed by atoms with Gasteiger partial charge in [0.05, 0.1) is 13.2 Å². The third-order valence-corrected chi connectivity index (χ3v) is 4.54. The van der Waals surface area contributed by atoms with Crippen molar-refractivity contribution in [3.8, 4) is 5.75 Å². The Hall–Kier alpha value is -2.39. The maximum Gasteiger partial charge on any atom is 0.119 e. The maximum absolute atomic E-state index is 10.2. The van der Waals surface area contributed by atoms with Gasteiger partial charge in [0.15, 0.2) is 0 Å². The predicted octanol–water partition coefficient (Wildman–Crippen LogP) is 4.54. The molecule has 1 heterocycles. The lowest BCUT2D eigenvalue weighted by Gasteiger charge is -2.21. The van der Waals surface area contributed by atoms with Crippen molar-refractivity contribution < 1.29 is 9.84 Å². The average molecular weight is 321 g/mol. The Labute approximate surface area is 142 Å². The second-order valence-electron chi connectivity index (χ2n) is 6.11. The number of ether oxygens (including phenoxy) is 1. The third kappa shape index (κ3) is 3.57. The van der Waals surface area contributed by atoms with Gasteiger partial charge in [-0.1, -0.05) is 37.3 Å². The molecule has 3 aromatic rings. The number of nitrogens with zero attached hydrogens (tertiary/aromatic N) is 1. The first kappa shape index (κ1) is 16.5. The van der Waals surface area contributed by atoms with E-state index in [9.17, 15) is 5.11 Å². The molecule has 2 unspecified atom stereocenters. The van der Waals surface area contributed by atoms with Crippen LogP contribution in [0.25, 0.3) is 10.8 Å². The van der Waals surface area contributed by atoms with E-state index in [4.69, 9.17) is 4.74 Å². The minimum atomic E-state index is -0.318. The van der Waals surface area contributed by atoms with E-state index in [1.807, 2.05) is 31.3 Å². The lowest BCUT2D eigenvalue weighted by Crippen LogP contribution is -2.12. The molecule has 1 N–H and O–H groups in total. The zero-order valence-electron chi connectivity index (χ0n) is 14.1. The zero-order valence-corrected chi connectivity index (χ0v) is 14.1. The monoisotopic (exact) mass is 321 g/mol. The highest BCUT2D eigenvalue weighted by Gasteiger charge is 2.18. The van der Waals surface area contributed by atoms with E-state index < -0.39 is 0 Å². The highest BCUT2D eigenvalue weighted by atomic mass is 16.5. The molecule has 0 aliphatic rings. The minimum absolute atomic E-state index is 0.139. The molecule has 0 amide bonds. The molecule has 2 atom stereocenters. The van der Waals surface area contributed by atoms with Gasteiger partial charge in [-0.05, 0) is 52.9 Å². The Balaban J connectivity index is 2.02. The van der Waals surface area contributed by atoms with Crippen LogP contribution in [0.5, 0.6) is 5.75 Å². The molecular weight excluding hydrogens is 298 g/mol. The predicted molar refractivity (Wildman–Crippen MR) is 97.5 cm³/mol. The first-order valence-electron chi connectivity index (χ1n) is 8.37. The summed E-state index contributed by atoms with van der Waals surface area (Å²) in [6, 6.07) is 16.6. The SMILES string of the molecule is CCC(O)CC(c1cccnc1)c1ccc2cc(OC)ccc2c1. The average Bonchev–Trinajstić information content (AvgIpc) is 2.65. The minimum Gasteiger partial charge on any atom is -0.497 e. The van der Waals surface area contributed by atoms with Crippen LogP contribution in [0.2, 0.25) is 0 Å². The van der Waals surface area contributed by atoms with Gasteiger partial charge in [0.25, 0.3) is 0 Å². The van der Waals surface area contributed by atoms with Crippen molar-refractivity contribution >= 4 is 10.8 Å². The molecule has 0 fully saturated rings. The number of hydrogen-bond acceptors (Lipinski definition) is 3. The van der Waals surface area contributed by atoms with Crippen LogP contribution in [0.1, 0.15) is 36.8 Å². The van der Waals surface area contributed by atoms with E-state index in [1.165, 1.54) is 10.9 Å². The number of aliphatic hydroxyl groups excluding tert-OH is 1. The third-order valence-electron chi connectivity index (χ3n) is 4.54. The van der Waals surface area contributed by atoms with Crippen LogP contribution in [0, 0.1) is 0 Å². The van der Waals surface area contributed by atoms with Gasteiger partial charge < -0.3 is 9.84 Å². The number of hydrogen-bond donors (Lipinski definition) is 1. The maximum atomic E-state index is 10.2. The number of rotatable bonds is 6. The Morgan fingerprint density at radius 1 is 1.04 bits per heavy atom. The molecule has 0 aliphatic heterocycles. The molecule has 2 aromatic carbocycles. The summed E-state index contributed by atoms with van der Waals surface area (Å²) in [6.07, 6.45) is 4.81. The first-order valence-corrected chi connectivity index (χ1v) is 8.37. The van der Waals surface area contributed by atoms with Gasteiger partial charge in [-0.3, -0.25) is 4.98 Å². The first-order chi connectivity index (χ1) is 11.7. The summed E-state index contributed by atoms with van der Waals surface area (Å²) in [5.74, 6) is 1.00. The Kier molecular flexibility index (Phi) is 5.11. The lowest BCUT2D eigenvalue weighted by molar-refractivity contribution is 0.155. The fourth-order valence-electron chi connectivity index (χ4n) is 3.07. The number of pyridine rings is 1. The quantitative estimate of drug-likeness (QED) is 0.725. The lowest BCUT2D eigenvalue weighted by atomic mass is 9.86. The molecule has 0 spiro atoms. The fraction of sp³-hybridized carbons (Fsp3) is 0.286. The highest BCUT2D eigenvalue weighted by molar-refractivity contribution is 5.84. The van der Waals surface area contributed by atoms with Gasteiger partial charge in [0.2, 0.25) is 0 Å². The second-order valence-corrected chi connectivity index (χ2v) is 6.11. The molecule has 3 rings (SSSR count). The van der Waals surface area contributed by atoms with E-state index in [2.05, 4.69) is 35.3 Å². The van der Waals surface area contributed by atoms with Crippen molar-refractivity contribution in [1.29, 1.82) is 0 Å². The van der Waals surface area contributed by atoms with E-state index in [0.717, 1.165) is 23.1 Å². The molecule has 0 bridgehead atoms. The summed E-state index contributed by atoms with van der Waals surface area (Å²) in [5.41, 5.74) is 2.34. The summed E-state index contributed by atoms with van der Waals surface area (Å²) in [7, 11) is 1.68. The summed E-state index contributed by atoms with van der Waals surface area (Å²) in [6.45, 7) is 2.01. The molecule has 0 saturated heterocycles. The summed E-state index contributed by atoms with van der Waals surface area (Å²) < 4.78 is 5.30. The molecule has 24 heavy (non-hydrogen) atoms. The van der Waals surface area contributed by atoms with Crippen molar-refractivity contribution in [2.24, 2.45) is 0 Å². The van der Waals surface area contributed by atoms with Crippen LogP contribution in [0.15, 0.2) is 60.9 Å². The Bertz CT molecular complexity index is 801. The van der Waals surface area contributed by atoms with Crippen molar-refractivity contribution in [2.45, 2.75) is 31.8 Å². The molecule has 0 saturated carbocycles. The normalized spacial score (nSPS) is 13.6. The van der Waals surface area contributed by atoms with Gasteiger partial charge in [-0.2, -0.15) is 0 Å².